The molecule has 0 aliphatic rings. The van der Waals surface area contributed by atoms with Crippen LogP contribution >= 0.6 is 11.6 Å². The van der Waals surface area contributed by atoms with Gasteiger partial charge in [0.1, 0.15) is 5.38 Å². The van der Waals surface area contributed by atoms with Gasteiger partial charge in [-0.25, -0.2) is 0 Å². The van der Waals surface area contributed by atoms with Crippen molar-refractivity contribution in [3.8, 4) is 11.5 Å². The van der Waals surface area contributed by atoms with Gasteiger partial charge in [0, 0.05) is 20.2 Å². The van der Waals surface area contributed by atoms with Crippen molar-refractivity contribution in [1.82, 2.24) is 4.90 Å². The molecule has 0 aromatic heterocycles. The number of halogens is 1. The number of benzene rings is 1. The molecule has 24 heavy (non-hydrogen) atoms. The van der Waals surface area contributed by atoms with Gasteiger partial charge in [-0.15, -0.1) is 11.6 Å². The number of amides is 1. The average molecular weight is 380 g/mol. The first-order valence-corrected chi connectivity index (χ1v) is 9.41. The minimum Gasteiger partial charge on any atom is -0.493 e. The highest BCUT2D eigenvalue weighted by Crippen LogP contribution is 2.29. The summed E-state index contributed by atoms with van der Waals surface area (Å²) in [6.07, 6.45) is 0.947. The van der Waals surface area contributed by atoms with E-state index in [-0.39, 0.29) is 24.0 Å². The second-order valence-corrected chi connectivity index (χ2v) is 7.37. The highest BCUT2D eigenvalue weighted by Gasteiger charge is 2.20. The minimum atomic E-state index is -3.70. The Bertz CT molecular complexity index is 662. The van der Waals surface area contributed by atoms with Crippen LogP contribution in [0, 0.1) is 0 Å². The molecule has 136 valence electrons. The molecule has 1 rings (SSSR count). The fourth-order valence-electron chi connectivity index (χ4n) is 1.99. The van der Waals surface area contributed by atoms with Gasteiger partial charge in [-0.05, 0) is 24.6 Å². The van der Waals surface area contributed by atoms with Crippen molar-refractivity contribution in [2.45, 2.75) is 18.8 Å². The predicted octanol–water partition coefficient (Wildman–Crippen LogP) is 1.64. The number of hydrogen-bond acceptors (Lipinski definition) is 6. The third-order valence-electron chi connectivity index (χ3n) is 3.06. The lowest BCUT2D eigenvalue weighted by Crippen LogP contribution is -2.37. The van der Waals surface area contributed by atoms with E-state index in [0.29, 0.717) is 18.7 Å². The molecule has 0 saturated heterocycles. The van der Waals surface area contributed by atoms with Gasteiger partial charge >= 0.3 is 10.1 Å². The zero-order valence-corrected chi connectivity index (χ0v) is 15.7. The Morgan fingerprint density at radius 3 is 2.46 bits per heavy atom. The summed E-state index contributed by atoms with van der Waals surface area (Å²) < 4.78 is 37.8. The van der Waals surface area contributed by atoms with E-state index in [4.69, 9.17) is 25.3 Å². The van der Waals surface area contributed by atoms with E-state index < -0.39 is 15.5 Å². The van der Waals surface area contributed by atoms with Gasteiger partial charge in [-0.2, -0.15) is 8.42 Å². The summed E-state index contributed by atoms with van der Waals surface area (Å²) in [5, 5.41) is -0.674. The maximum absolute atomic E-state index is 12.2. The van der Waals surface area contributed by atoms with E-state index in [2.05, 4.69) is 0 Å². The van der Waals surface area contributed by atoms with Crippen LogP contribution in [0.5, 0.6) is 11.5 Å². The van der Waals surface area contributed by atoms with Crippen LogP contribution in [0.2, 0.25) is 0 Å². The number of carbonyl (C=O) groups is 1. The summed E-state index contributed by atoms with van der Waals surface area (Å²) in [7, 11) is -0.750. The Morgan fingerprint density at radius 1 is 1.29 bits per heavy atom. The third-order valence-corrected chi connectivity index (χ3v) is 3.73. The predicted molar refractivity (Wildman–Crippen MR) is 91.1 cm³/mol. The first kappa shape index (κ1) is 20.5. The molecule has 1 aromatic carbocycles. The quantitative estimate of drug-likeness (QED) is 0.479. The van der Waals surface area contributed by atoms with E-state index in [1.807, 2.05) is 0 Å². The van der Waals surface area contributed by atoms with Crippen LogP contribution in [0.15, 0.2) is 18.2 Å². The molecule has 0 saturated carbocycles. The van der Waals surface area contributed by atoms with E-state index >= 15 is 0 Å². The second-order valence-electron chi connectivity index (χ2n) is 5.14. The minimum absolute atomic E-state index is 0.0653. The summed E-state index contributed by atoms with van der Waals surface area (Å²) in [6, 6.07) is 4.82. The maximum atomic E-state index is 12.2. The maximum Gasteiger partial charge on any atom is 0.306 e. The monoisotopic (exact) mass is 379 g/mol. The van der Waals surface area contributed by atoms with Gasteiger partial charge in [0.2, 0.25) is 5.91 Å². The number of carbonyl (C=O) groups excluding carboxylic acids is 1. The molecule has 0 aliphatic carbocycles. The Morgan fingerprint density at radius 2 is 1.96 bits per heavy atom. The Labute approximate surface area is 147 Å². The molecule has 9 heteroatoms. The van der Waals surface area contributed by atoms with Gasteiger partial charge in [0.05, 0.1) is 20.0 Å². The van der Waals surface area contributed by atoms with Crippen LogP contribution in [0.3, 0.4) is 0 Å². The first-order valence-electron chi connectivity index (χ1n) is 7.16. The van der Waals surface area contributed by atoms with Crippen molar-refractivity contribution in [3.05, 3.63) is 23.8 Å². The fourth-order valence-corrected chi connectivity index (χ4v) is 2.58. The Balaban J connectivity index is 3.06. The standard InChI is InChI=1S/C15H22ClNO6S/c1-11(16)15(18)17(7-8-21-2)10-12-5-6-13(22-3)14(9-12)23-24(4,19)20/h5-6,9,11H,7-8,10H2,1-4H3. The number of ether oxygens (including phenoxy) is 2. The Hall–Kier alpha value is -1.51. The van der Waals surface area contributed by atoms with Crippen molar-refractivity contribution < 1.29 is 26.9 Å². The molecule has 0 fully saturated rings. The molecule has 0 N–H and O–H groups in total. The van der Waals surface area contributed by atoms with Crippen LogP contribution < -0.4 is 8.92 Å². The van der Waals surface area contributed by atoms with Crippen molar-refractivity contribution >= 4 is 27.6 Å². The molecule has 1 aromatic rings. The molecular formula is C15H22ClNO6S. The van der Waals surface area contributed by atoms with Crippen molar-refractivity contribution in [3.63, 3.8) is 0 Å². The molecule has 0 heterocycles. The van der Waals surface area contributed by atoms with Crippen LogP contribution in [0.4, 0.5) is 0 Å². The summed E-state index contributed by atoms with van der Waals surface area (Å²) in [4.78, 5) is 13.7. The summed E-state index contributed by atoms with van der Waals surface area (Å²) in [6.45, 7) is 2.55. The van der Waals surface area contributed by atoms with Gasteiger partial charge < -0.3 is 18.6 Å². The third kappa shape index (κ3) is 6.54. The second kappa shape index (κ2) is 9.10. The van der Waals surface area contributed by atoms with Crippen LogP contribution in [-0.2, 0) is 26.2 Å². The average Bonchev–Trinajstić information content (AvgIpc) is 2.49. The molecule has 7 nitrogen and oxygen atoms in total. The number of rotatable bonds is 9. The summed E-state index contributed by atoms with van der Waals surface area (Å²) in [5.41, 5.74) is 0.677. The lowest BCUT2D eigenvalue weighted by molar-refractivity contribution is -0.131. The zero-order valence-electron chi connectivity index (χ0n) is 14.1. The van der Waals surface area contributed by atoms with Crippen LogP contribution in [0.1, 0.15) is 12.5 Å². The molecular weight excluding hydrogens is 358 g/mol. The Kier molecular flexibility index (Phi) is 7.78. The van der Waals surface area contributed by atoms with Crippen molar-refractivity contribution in [2.75, 3.05) is 33.6 Å². The number of alkyl halides is 1. The topological polar surface area (TPSA) is 82.1 Å². The SMILES string of the molecule is COCCN(Cc1ccc(OC)c(OS(C)(=O)=O)c1)C(=O)C(C)Cl. The molecule has 1 atom stereocenters. The fraction of sp³-hybridized carbons (Fsp3) is 0.533. The number of hydrogen-bond donors (Lipinski definition) is 0. The number of nitrogens with zero attached hydrogens (tertiary/aromatic N) is 1. The summed E-state index contributed by atoms with van der Waals surface area (Å²) in [5.74, 6) is 0.107. The normalized spacial score (nSPS) is 12.5. The smallest absolute Gasteiger partial charge is 0.306 e. The van der Waals surface area contributed by atoms with Gasteiger partial charge in [-0.1, -0.05) is 6.07 Å². The number of methoxy groups -OCH3 is 2. The van der Waals surface area contributed by atoms with E-state index in [1.165, 1.54) is 25.2 Å². The van der Waals surface area contributed by atoms with Crippen molar-refractivity contribution in [2.24, 2.45) is 0 Å². The lowest BCUT2D eigenvalue weighted by Gasteiger charge is -2.24. The van der Waals surface area contributed by atoms with Crippen LogP contribution in [-0.4, -0.2) is 58.2 Å². The molecule has 1 amide bonds. The lowest BCUT2D eigenvalue weighted by atomic mass is 10.2. The molecule has 0 radical (unpaired) electrons. The highest BCUT2D eigenvalue weighted by atomic mass is 35.5. The first-order chi connectivity index (χ1) is 11.2. The van der Waals surface area contributed by atoms with Gasteiger partial charge in [-0.3, -0.25) is 4.79 Å². The van der Waals surface area contributed by atoms with Gasteiger partial charge in [0.15, 0.2) is 11.5 Å². The molecule has 0 spiro atoms. The highest BCUT2D eigenvalue weighted by molar-refractivity contribution is 7.86. The molecule has 1 unspecified atom stereocenters. The van der Waals surface area contributed by atoms with Gasteiger partial charge in [0.25, 0.3) is 0 Å². The van der Waals surface area contributed by atoms with E-state index in [9.17, 15) is 13.2 Å². The van der Waals surface area contributed by atoms with E-state index in [0.717, 1.165) is 6.26 Å². The largest absolute Gasteiger partial charge is 0.493 e. The van der Waals surface area contributed by atoms with E-state index in [1.54, 1.807) is 19.1 Å². The van der Waals surface area contributed by atoms with Crippen LogP contribution in [0.25, 0.3) is 0 Å². The zero-order chi connectivity index (χ0) is 18.3. The molecule has 0 bridgehead atoms. The molecule has 0 aliphatic heterocycles. The van der Waals surface area contributed by atoms with Crippen molar-refractivity contribution in [1.29, 1.82) is 0 Å². The summed E-state index contributed by atoms with van der Waals surface area (Å²) >= 11 is 5.88.